The van der Waals surface area contributed by atoms with Crippen LogP contribution in [-0.2, 0) is 27.8 Å². The zero-order valence-corrected chi connectivity index (χ0v) is 18.7. The molecule has 170 valence electrons. The molecule has 1 atom stereocenters. The number of amides is 1. The number of carbonyl (C=O) groups is 1. The number of ether oxygens (including phenoxy) is 2. The quantitative estimate of drug-likeness (QED) is 0.658. The van der Waals surface area contributed by atoms with E-state index in [4.69, 9.17) is 9.47 Å². The number of halogens is 2. The van der Waals surface area contributed by atoms with Crippen molar-refractivity contribution in [3.63, 3.8) is 0 Å². The van der Waals surface area contributed by atoms with Crippen molar-refractivity contribution in [1.29, 1.82) is 0 Å². The van der Waals surface area contributed by atoms with Gasteiger partial charge in [-0.1, -0.05) is 6.92 Å². The number of hydrogen-bond donors (Lipinski definition) is 1. The summed E-state index contributed by atoms with van der Waals surface area (Å²) in [7, 11) is -3.43. The van der Waals surface area contributed by atoms with Gasteiger partial charge in [0.15, 0.2) is 0 Å². The summed E-state index contributed by atoms with van der Waals surface area (Å²) in [5.74, 6) is -1.91. The van der Waals surface area contributed by atoms with Crippen molar-refractivity contribution in [1.82, 2.24) is 15.2 Å². The van der Waals surface area contributed by atoms with Crippen molar-refractivity contribution in [3.05, 3.63) is 40.4 Å². The van der Waals surface area contributed by atoms with E-state index >= 15 is 0 Å². The predicted molar refractivity (Wildman–Crippen MR) is 110 cm³/mol. The Hall–Kier alpha value is -2.31. The number of benzene rings is 1. The number of thiazole rings is 1. The number of hydrogen-bond acceptors (Lipinski definition) is 8. The third-order valence-electron chi connectivity index (χ3n) is 4.75. The summed E-state index contributed by atoms with van der Waals surface area (Å²) in [6, 6.07) is 1.94. The Bertz CT molecular complexity index is 1020. The minimum Gasteiger partial charge on any atom is -0.487 e. The first kappa shape index (κ1) is 23.4. The normalized spacial score (nSPS) is 16.9. The first-order valence-corrected chi connectivity index (χ1v) is 12.4. The maximum atomic E-state index is 14.4. The van der Waals surface area contributed by atoms with E-state index in [0.717, 1.165) is 36.1 Å². The molecule has 1 aromatic heterocycles. The molecule has 31 heavy (non-hydrogen) atoms. The monoisotopic (exact) mass is 475 g/mol. The van der Waals surface area contributed by atoms with Crippen LogP contribution in [0.25, 0.3) is 0 Å². The van der Waals surface area contributed by atoms with Gasteiger partial charge in [0.25, 0.3) is 0 Å². The average molecular weight is 476 g/mol. The number of nitrogens with one attached hydrogen (secondary N) is 1. The summed E-state index contributed by atoms with van der Waals surface area (Å²) in [6.07, 6.45) is 1.16. The van der Waals surface area contributed by atoms with Gasteiger partial charge in [-0.15, -0.1) is 11.3 Å². The van der Waals surface area contributed by atoms with Gasteiger partial charge in [-0.3, -0.25) is 0 Å². The second-order valence-corrected chi connectivity index (χ2v) is 10.1. The topological polar surface area (TPSA) is 97.8 Å². The van der Waals surface area contributed by atoms with Gasteiger partial charge in [0.2, 0.25) is 14.2 Å². The van der Waals surface area contributed by atoms with Gasteiger partial charge >= 0.3 is 6.09 Å². The molecule has 2 heterocycles. The molecule has 1 fully saturated rings. The molecule has 0 aliphatic carbocycles. The van der Waals surface area contributed by atoms with Crippen LogP contribution in [-0.4, -0.2) is 56.3 Å². The van der Waals surface area contributed by atoms with Gasteiger partial charge in [-0.25, -0.2) is 27.0 Å². The smallest absolute Gasteiger partial charge is 0.410 e. The lowest BCUT2D eigenvalue weighted by molar-refractivity contribution is 0.0699. The molecule has 0 radical (unpaired) electrons. The fourth-order valence-corrected chi connectivity index (χ4v) is 4.72. The summed E-state index contributed by atoms with van der Waals surface area (Å²) < 4.78 is 62.1. The second kappa shape index (κ2) is 9.88. The van der Waals surface area contributed by atoms with Crippen LogP contribution in [0.2, 0.25) is 0 Å². The summed E-state index contributed by atoms with van der Waals surface area (Å²) in [5, 5.41) is 4.68. The first-order chi connectivity index (χ1) is 14.7. The molecule has 1 aliphatic rings. The summed E-state index contributed by atoms with van der Waals surface area (Å²) in [6.45, 7) is 2.99. The summed E-state index contributed by atoms with van der Waals surface area (Å²) in [4.78, 5) is 17.8. The molecule has 1 saturated heterocycles. The molecule has 2 aromatic rings. The van der Waals surface area contributed by atoms with E-state index in [0.29, 0.717) is 25.3 Å². The third-order valence-corrected chi connectivity index (χ3v) is 7.35. The predicted octanol–water partition coefficient (Wildman–Crippen LogP) is 2.72. The van der Waals surface area contributed by atoms with Gasteiger partial charge in [-0.05, 0) is 6.42 Å². The lowest BCUT2D eigenvalue weighted by atomic mass is 10.1. The number of aromatic nitrogens is 1. The van der Waals surface area contributed by atoms with Crippen molar-refractivity contribution < 1.29 is 31.5 Å². The van der Waals surface area contributed by atoms with Gasteiger partial charge in [0.05, 0.1) is 11.3 Å². The summed E-state index contributed by atoms with van der Waals surface area (Å²) >= 11 is 0.939. The number of rotatable bonds is 7. The van der Waals surface area contributed by atoms with Crippen LogP contribution >= 0.6 is 11.3 Å². The van der Waals surface area contributed by atoms with Crippen molar-refractivity contribution in [2.45, 2.75) is 36.9 Å². The Morgan fingerprint density at radius 2 is 2.03 bits per heavy atom. The van der Waals surface area contributed by atoms with Crippen LogP contribution in [0.15, 0.2) is 21.9 Å². The lowest BCUT2D eigenvalue weighted by Crippen LogP contribution is -2.53. The number of carbonyl (C=O) groups excluding carboxylic acids is 1. The van der Waals surface area contributed by atoms with E-state index in [9.17, 15) is 22.0 Å². The first-order valence-electron chi connectivity index (χ1n) is 9.58. The van der Waals surface area contributed by atoms with E-state index in [2.05, 4.69) is 10.3 Å². The average Bonchev–Trinajstić information content (AvgIpc) is 3.21. The Morgan fingerprint density at radius 1 is 1.32 bits per heavy atom. The summed E-state index contributed by atoms with van der Waals surface area (Å²) in [5.41, 5.74) is -0.0531. The highest BCUT2D eigenvalue weighted by Gasteiger charge is 2.27. The highest BCUT2D eigenvalue weighted by Crippen LogP contribution is 2.24. The number of piperazine rings is 1. The van der Waals surface area contributed by atoms with Crippen molar-refractivity contribution in [2.24, 2.45) is 0 Å². The minimum absolute atomic E-state index is 0.0272. The molecule has 1 amide bonds. The Balaban J connectivity index is 1.61. The standard InChI is InChI=1S/C19H23F2N3O5S2/c1-3-13-8-22-4-5-24(13)19(25)29-10-15-16(20)6-14(7-17(15)21)28-9-12-11-30-18(23-12)31(2,26)27/h6-7,11,13,22H,3-5,8-10H2,1-2H3. The molecule has 1 unspecified atom stereocenters. The maximum Gasteiger partial charge on any atom is 0.410 e. The molecular weight excluding hydrogens is 452 g/mol. The molecule has 12 heteroatoms. The van der Waals surface area contributed by atoms with Crippen molar-refractivity contribution in [3.8, 4) is 5.75 Å². The minimum atomic E-state index is -3.43. The highest BCUT2D eigenvalue weighted by molar-refractivity contribution is 7.92. The van der Waals surface area contributed by atoms with Crippen LogP contribution in [0.3, 0.4) is 0 Å². The number of sulfone groups is 1. The molecule has 0 bridgehead atoms. The van der Waals surface area contributed by atoms with Crippen molar-refractivity contribution in [2.75, 3.05) is 25.9 Å². The SMILES string of the molecule is CCC1CNCCN1C(=O)OCc1c(F)cc(OCc2csc(S(C)(=O)=O)n2)cc1F. The molecule has 1 N–H and O–H groups in total. The van der Waals surface area contributed by atoms with E-state index in [-0.39, 0.29) is 28.3 Å². The molecule has 3 rings (SSSR count). The lowest BCUT2D eigenvalue weighted by Gasteiger charge is -2.34. The Labute approximate surface area is 183 Å². The Kier molecular flexibility index (Phi) is 7.44. The van der Waals surface area contributed by atoms with Gasteiger partial charge < -0.3 is 19.7 Å². The van der Waals surface area contributed by atoms with Gasteiger partial charge in [0, 0.05) is 49.4 Å². The van der Waals surface area contributed by atoms with Gasteiger partial charge in [0.1, 0.15) is 30.6 Å². The molecule has 0 spiro atoms. The fraction of sp³-hybridized carbons (Fsp3) is 0.474. The zero-order chi connectivity index (χ0) is 22.6. The van der Waals surface area contributed by atoms with Crippen LogP contribution in [0.1, 0.15) is 24.6 Å². The maximum absolute atomic E-state index is 14.4. The van der Waals surface area contributed by atoms with Crippen LogP contribution in [0.4, 0.5) is 13.6 Å². The molecule has 8 nitrogen and oxygen atoms in total. The number of nitrogens with zero attached hydrogens (tertiary/aromatic N) is 2. The van der Waals surface area contributed by atoms with E-state index in [1.165, 1.54) is 5.38 Å². The third kappa shape index (κ3) is 5.89. The molecule has 1 aliphatic heterocycles. The van der Waals surface area contributed by atoms with Crippen LogP contribution in [0, 0.1) is 11.6 Å². The highest BCUT2D eigenvalue weighted by atomic mass is 32.2. The Morgan fingerprint density at radius 3 is 2.65 bits per heavy atom. The van der Waals surface area contributed by atoms with E-state index in [1.807, 2.05) is 6.92 Å². The van der Waals surface area contributed by atoms with Crippen LogP contribution in [0.5, 0.6) is 5.75 Å². The van der Waals surface area contributed by atoms with Crippen molar-refractivity contribution >= 4 is 27.3 Å². The largest absolute Gasteiger partial charge is 0.487 e. The van der Waals surface area contributed by atoms with E-state index < -0.39 is 34.2 Å². The molecular formula is C19H23F2N3O5S2. The van der Waals surface area contributed by atoms with E-state index in [1.54, 1.807) is 4.90 Å². The molecule has 0 saturated carbocycles. The fourth-order valence-electron chi connectivity index (χ4n) is 3.07. The van der Waals surface area contributed by atoms with Gasteiger partial charge in [-0.2, -0.15) is 0 Å². The zero-order valence-electron chi connectivity index (χ0n) is 17.1. The van der Waals surface area contributed by atoms with Crippen LogP contribution < -0.4 is 10.1 Å². The second-order valence-electron chi connectivity index (χ2n) is 7.05. The molecule has 1 aromatic carbocycles.